The molecule has 0 spiro atoms. The van der Waals surface area contributed by atoms with Gasteiger partial charge in [-0.25, -0.2) is 0 Å². The van der Waals surface area contributed by atoms with E-state index in [-0.39, 0.29) is 0 Å². The number of hydrogen-bond acceptors (Lipinski definition) is 0. The van der Waals surface area contributed by atoms with Crippen molar-refractivity contribution in [2.75, 3.05) is 0 Å². The van der Waals surface area contributed by atoms with E-state index < -0.39 is 0 Å². The zero-order valence-electron chi connectivity index (χ0n) is 13.4. The van der Waals surface area contributed by atoms with E-state index in [1.54, 1.807) is 0 Å². The van der Waals surface area contributed by atoms with Crippen LogP contribution in [-0.4, -0.2) is 0 Å². The lowest BCUT2D eigenvalue weighted by Crippen LogP contribution is -2.05. The van der Waals surface area contributed by atoms with E-state index in [9.17, 15) is 0 Å². The molecule has 0 saturated heterocycles. The van der Waals surface area contributed by atoms with E-state index in [1.807, 2.05) is 6.08 Å². The van der Waals surface area contributed by atoms with Gasteiger partial charge in [0.05, 0.1) is 0 Å². The lowest BCUT2D eigenvalue weighted by Gasteiger charge is -2.24. The number of allylic oxidation sites excluding steroid dienone is 5. The van der Waals surface area contributed by atoms with Crippen molar-refractivity contribution >= 4 is 11.1 Å². The first kappa shape index (κ1) is 14.6. The fourth-order valence-corrected chi connectivity index (χ4v) is 3.32. The molecule has 0 bridgehead atoms. The molecule has 0 heterocycles. The van der Waals surface area contributed by atoms with E-state index >= 15 is 0 Å². The Bertz CT molecular complexity index is 755. The molecule has 0 saturated carbocycles. The molecule has 1 aliphatic rings. The summed E-state index contributed by atoms with van der Waals surface area (Å²) in [7, 11) is 0. The van der Waals surface area contributed by atoms with Gasteiger partial charge in [0, 0.05) is 0 Å². The van der Waals surface area contributed by atoms with Gasteiger partial charge in [0.15, 0.2) is 0 Å². The third-order valence-electron chi connectivity index (χ3n) is 4.46. The Balaban J connectivity index is 2.14. The van der Waals surface area contributed by atoms with Gasteiger partial charge in [-0.1, -0.05) is 72.8 Å². The van der Waals surface area contributed by atoms with Crippen LogP contribution < -0.4 is 0 Å². The van der Waals surface area contributed by atoms with Crippen molar-refractivity contribution < 1.29 is 0 Å². The highest BCUT2D eigenvalue weighted by Gasteiger charge is 2.19. The van der Waals surface area contributed by atoms with Crippen molar-refractivity contribution in [3.05, 3.63) is 95.1 Å². The van der Waals surface area contributed by atoms with Crippen molar-refractivity contribution in [2.45, 2.75) is 26.7 Å². The molecule has 0 aromatic heterocycles. The number of aryl methyl sites for hydroxylation is 2. The summed E-state index contributed by atoms with van der Waals surface area (Å²) in [6.45, 7) is 8.33. The van der Waals surface area contributed by atoms with Gasteiger partial charge >= 0.3 is 0 Å². The molecule has 0 heteroatoms. The molecule has 2 aromatic rings. The minimum absolute atomic E-state index is 1.08. The van der Waals surface area contributed by atoms with Crippen molar-refractivity contribution in [2.24, 2.45) is 0 Å². The first-order chi connectivity index (χ1) is 10.7. The molecule has 0 atom stereocenters. The van der Waals surface area contributed by atoms with E-state index in [0.29, 0.717) is 0 Å². The zero-order chi connectivity index (χ0) is 15.5. The van der Waals surface area contributed by atoms with Gasteiger partial charge in [-0.3, -0.25) is 0 Å². The lowest BCUT2D eigenvalue weighted by atomic mass is 9.80. The Morgan fingerprint density at radius 2 is 1.73 bits per heavy atom. The van der Waals surface area contributed by atoms with Gasteiger partial charge in [0.25, 0.3) is 0 Å². The summed E-state index contributed by atoms with van der Waals surface area (Å²) in [6.07, 6.45) is 6.43. The molecular formula is C22H22. The second-order valence-electron chi connectivity index (χ2n) is 5.82. The van der Waals surface area contributed by atoms with Gasteiger partial charge in [0.1, 0.15) is 0 Å². The van der Waals surface area contributed by atoms with Crippen molar-refractivity contribution in [1.29, 1.82) is 0 Å². The minimum atomic E-state index is 1.08. The molecule has 2 aromatic carbocycles. The molecule has 0 fully saturated rings. The van der Waals surface area contributed by atoms with Crippen LogP contribution in [-0.2, 0) is 6.42 Å². The van der Waals surface area contributed by atoms with Gasteiger partial charge in [-0.2, -0.15) is 0 Å². The maximum Gasteiger partial charge on any atom is -0.0149 e. The van der Waals surface area contributed by atoms with Crippen LogP contribution in [0.15, 0.2) is 72.8 Å². The quantitative estimate of drug-likeness (QED) is 0.650. The van der Waals surface area contributed by atoms with Crippen LogP contribution in [0.1, 0.15) is 35.6 Å². The molecule has 3 rings (SSSR count). The molecule has 22 heavy (non-hydrogen) atoms. The molecule has 0 nitrogen and oxygen atoms in total. The Morgan fingerprint density at radius 1 is 1.00 bits per heavy atom. The van der Waals surface area contributed by atoms with Gasteiger partial charge < -0.3 is 0 Å². The maximum absolute atomic E-state index is 4.07. The maximum atomic E-state index is 4.07. The van der Waals surface area contributed by atoms with Crippen LogP contribution in [0.25, 0.3) is 11.1 Å². The summed E-state index contributed by atoms with van der Waals surface area (Å²) in [5.74, 6) is 0. The Kier molecular flexibility index (Phi) is 4.11. The molecule has 1 aliphatic carbocycles. The lowest BCUT2D eigenvalue weighted by molar-refractivity contribution is 0.947. The van der Waals surface area contributed by atoms with Crippen LogP contribution in [0.5, 0.6) is 0 Å². The van der Waals surface area contributed by atoms with Crippen molar-refractivity contribution in [3.63, 3.8) is 0 Å². The molecule has 110 valence electrons. The standard InChI is InChI=1S/C22H22/c1-4-19(18-12-10-16(3)11-13-18)22-15-14-17-8-6-7-9-21(17)20(22)5-2/h4-13H,2,14-15H2,1,3H3/b19-4-. The van der Waals surface area contributed by atoms with E-state index in [0.717, 1.165) is 12.8 Å². The average Bonchev–Trinajstić information content (AvgIpc) is 2.57. The Hall–Kier alpha value is -2.34. The highest BCUT2D eigenvalue weighted by atomic mass is 14.2. The third-order valence-corrected chi connectivity index (χ3v) is 4.46. The molecule has 0 N–H and O–H groups in total. The highest BCUT2D eigenvalue weighted by Crippen LogP contribution is 2.39. The van der Waals surface area contributed by atoms with Gasteiger partial charge in [-0.15, -0.1) is 0 Å². The summed E-state index contributed by atoms with van der Waals surface area (Å²) in [4.78, 5) is 0. The summed E-state index contributed by atoms with van der Waals surface area (Å²) in [6, 6.07) is 17.5. The zero-order valence-corrected chi connectivity index (χ0v) is 13.4. The molecular weight excluding hydrogens is 264 g/mol. The van der Waals surface area contributed by atoms with Gasteiger partial charge in [-0.05, 0) is 60.1 Å². The third kappa shape index (κ3) is 2.57. The second-order valence-corrected chi connectivity index (χ2v) is 5.82. The number of rotatable bonds is 3. The number of hydrogen-bond donors (Lipinski definition) is 0. The molecule has 0 amide bonds. The molecule has 0 aliphatic heterocycles. The first-order valence-electron chi connectivity index (χ1n) is 7.92. The van der Waals surface area contributed by atoms with Crippen LogP contribution >= 0.6 is 0 Å². The first-order valence-corrected chi connectivity index (χ1v) is 7.92. The van der Waals surface area contributed by atoms with Gasteiger partial charge in [0.2, 0.25) is 0 Å². The minimum Gasteiger partial charge on any atom is -0.0984 e. The Labute approximate surface area is 133 Å². The summed E-state index contributed by atoms with van der Waals surface area (Å²) < 4.78 is 0. The van der Waals surface area contributed by atoms with Crippen molar-refractivity contribution in [3.8, 4) is 0 Å². The largest absolute Gasteiger partial charge is 0.0984 e. The van der Waals surface area contributed by atoms with Crippen molar-refractivity contribution in [1.82, 2.24) is 0 Å². The number of benzene rings is 2. The molecule has 0 radical (unpaired) electrons. The normalized spacial score (nSPS) is 14.7. The average molecular weight is 286 g/mol. The summed E-state index contributed by atoms with van der Waals surface area (Å²) in [5.41, 5.74) is 9.40. The summed E-state index contributed by atoms with van der Waals surface area (Å²) in [5, 5.41) is 0. The monoisotopic (exact) mass is 286 g/mol. The van der Waals surface area contributed by atoms with Crippen LogP contribution in [0, 0.1) is 6.92 Å². The van der Waals surface area contributed by atoms with Crippen LogP contribution in [0.4, 0.5) is 0 Å². The van der Waals surface area contributed by atoms with E-state index in [4.69, 9.17) is 0 Å². The topological polar surface area (TPSA) is 0 Å². The predicted molar refractivity (Wildman–Crippen MR) is 96.7 cm³/mol. The van der Waals surface area contributed by atoms with Crippen LogP contribution in [0.2, 0.25) is 0 Å². The Morgan fingerprint density at radius 3 is 2.41 bits per heavy atom. The number of fused-ring (bicyclic) bond motifs is 1. The fraction of sp³-hybridized carbons (Fsp3) is 0.182. The second kappa shape index (κ2) is 6.19. The fourth-order valence-electron chi connectivity index (χ4n) is 3.32. The SMILES string of the molecule is C=CC1=C(/C(=C\C)c2ccc(C)cc2)CCc2ccccc21. The highest BCUT2D eigenvalue weighted by molar-refractivity contribution is 5.94. The summed E-state index contributed by atoms with van der Waals surface area (Å²) >= 11 is 0. The predicted octanol–water partition coefficient (Wildman–Crippen LogP) is 5.98. The molecule has 0 unspecified atom stereocenters. The van der Waals surface area contributed by atoms with Crippen LogP contribution in [0.3, 0.4) is 0 Å². The smallest absolute Gasteiger partial charge is 0.0149 e. The van der Waals surface area contributed by atoms with E-state index in [1.165, 1.54) is 39.0 Å². The van der Waals surface area contributed by atoms with E-state index in [2.05, 4.69) is 75.0 Å².